The first-order chi connectivity index (χ1) is 9.22. The minimum atomic E-state index is 0.731. The summed E-state index contributed by atoms with van der Waals surface area (Å²) in [5.74, 6) is 0. The molecule has 2 aromatic rings. The Kier molecular flexibility index (Phi) is 5.43. The van der Waals surface area contributed by atoms with Crippen LogP contribution in [0.15, 0.2) is 18.2 Å². The largest absolute Gasteiger partial charge is 0.381 e. The number of fused-ring (bicyclic) bond motifs is 1. The van der Waals surface area contributed by atoms with Gasteiger partial charge in [0.2, 0.25) is 0 Å². The highest BCUT2D eigenvalue weighted by Gasteiger charge is 2.04. The zero-order valence-electron chi connectivity index (χ0n) is 11.1. The molecule has 19 heavy (non-hydrogen) atoms. The van der Waals surface area contributed by atoms with E-state index in [2.05, 4.69) is 16.5 Å². The van der Waals surface area contributed by atoms with Crippen molar-refractivity contribution >= 4 is 34.9 Å². The van der Waals surface area contributed by atoms with E-state index in [1.165, 1.54) is 6.42 Å². The van der Waals surface area contributed by atoms with E-state index in [4.69, 9.17) is 28.6 Å². The van der Waals surface area contributed by atoms with Gasteiger partial charge in [0.25, 0.3) is 0 Å². The van der Waals surface area contributed by atoms with Crippen molar-refractivity contribution in [3.63, 3.8) is 0 Å². The Morgan fingerprint density at radius 1 is 1.32 bits per heavy atom. The zero-order valence-corrected chi connectivity index (χ0v) is 12.7. The van der Waals surface area contributed by atoms with Gasteiger partial charge in [0.1, 0.15) is 0 Å². The van der Waals surface area contributed by atoms with Crippen LogP contribution in [0.2, 0.25) is 5.02 Å². The second-order valence-electron chi connectivity index (χ2n) is 4.56. The summed E-state index contributed by atoms with van der Waals surface area (Å²) in [5, 5.41) is 0.731. The van der Waals surface area contributed by atoms with Crippen molar-refractivity contribution in [2.75, 3.05) is 13.2 Å². The Balaban J connectivity index is 1.98. The quantitative estimate of drug-likeness (QED) is 0.600. The maximum atomic E-state index is 6.03. The SMILES string of the molecule is CCCCOCCCn1c(=S)[nH]c2ccc(Cl)cc21. The summed E-state index contributed by atoms with van der Waals surface area (Å²) < 4.78 is 8.39. The van der Waals surface area contributed by atoms with Crippen LogP contribution in [0.5, 0.6) is 0 Å². The maximum Gasteiger partial charge on any atom is 0.178 e. The summed E-state index contributed by atoms with van der Waals surface area (Å²) in [5.41, 5.74) is 2.09. The number of aromatic amines is 1. The molecule has 0 aliphatic rings. The van der Waals surface area contributed by atoms with E-state index in [1.54, 1.807) is 0 Å². The lowest BCUT2D eigenvalue weighted by Crippen LogP contribution is -2.03. The number of rotatable bonds is 7. The highest BCUT2D eigenvalue weighted by atomic mass is 35.5. The monoisotopic (exact) mass is 298 g/mol. The van der Waals surface area contributed by atoms with Crippen molar-refractivity contribution in [3.8, 4) is 0 Å². The molecule has 0 atom stereocenters. The van der Waals surface area contributed by atoms with Gasteiger partial charge in [0, 0.05) is 24.8 Å². The number of H-pyrrole nitrogens is 1. The summed E-state index contributed by atoms with van der Waals surface area (Å²) in [6.07, 6.45) is 3.26. The van der Waals surface area contributed by atoms with Gasteiger partial charge in [-0.1, -0.05) is 24.9 Å². The zero-order chi connectivity index (χ0) is 13.7. The molecule has 0 aliphatic carbocycles. The number of nitrogens with zero attached hydrogens (tertiary/aromatic N) is 1. The third-order valence-corrected chi connectivity index (χ3v) is 3.61. The molecule has 5 heteroatoms. The van der Waals surface area contributed by atoms with Crippen LogP contribution in [0.3, 0.4) is 0 Å². The molecule has 0 saturated heterocycles. The number of aromatic nitrogens is 2. The van der Waals surface area contributed by atoms with E-state index < -0.39 is 0 Å². The van der Waals surface area contributed by atoms with Crippen LogP contribution in [-0.2, 0) is 11.3 Å². The molecule has 1 heterocycles. The molecule has 1 aromatic carbocycles. The summed E-state index contributed by atoms with van der Waals surface area (Å²) in [6, 6.07) is 5.77. The predicted octanol–water partition coefficient (Wildman–Crippen LogP) is 4.56. The average Bonchev–Trinajstić information content (AvgIpc) is 2.69. The first-order valence-electron chi connectivity index (χ1n) is 6.68. The van der Waals surface area contributed by atoms with Gasteiger partial charge in [-0.2, -0.15) is 0 Å². The van der Waals surface area contributed by atoms with Crippen LogP contribution in [0.25, 0.3) is 11.0 Å². The molecule has 0 saturated carbocycles. The molecular formula is C14H19ClN2OS. The van der Waals surface area contributed by atoms with Gasteiger partial charge in [-0.25, -0.2) is 0 Å². The smallest absolute Gasteiger partial charge is 0.178 e. The molecule has 0 bridgehead atoms. The molecule has 0 unspecified atom stereocenters. The van der Waals surface area contributed by atoms with Crippen LogP contribution in [-0.4, -0.2) is 22.8 Å². The summed E-state index contributed by atoms with van der Waals surface area (Å²) in [7, 11) is 0. The van der Waals surface area contributed by atoms with Gasteiger partial charge >= 0.3 is 0 Å². The second kappa shape index (κ2) is 7.08. The van der Waals surface area contributed by atoms with E-state index in [-0.39, 0.29) is 0 Å². The lowest BCUT2D eigenvalue weighted by atomic mass is 10.3. The maximum absolute atomic E-state index is 6.03. The molecule has 1 aromatic heterocycles. The molecule has 0 fully saturated rings. The Morgan fingerprint density at radius 2 is 2.11 bits per heavy atom. The van der Waals surface area contributed by atoms with Crippen molar-refractivity contribution in [2.45, 2.75) is 32.7 Å². The summed E-state index contributed by atoms with van der Waals surface area (Å²) in [6.45, 7) is 4.64. The van der Waals surface area contributed by atoms with Crippen LogP contribution in [0, 0.1) is 4.77 Å². The number of imidazole rings is 1. The first-order valence-corrected chi connectivity index (χ1v) is 7.47. The van der Waals surface area contributed by atoms with Crippen molar-refractivity contribution in [2.24, 2.45) is 0 Å². The molecule has 0 amide bonds. The molecule has 104 valence electrons. The highest BCUT2D eigenvalue weighted by molar-refractivity contribution is 7.71. The number of hydrogen-bond acceptors (Lipinski definition) is 2. The van der Waals surface area contributed by atoms with E-state index in [1.807, 2.05) is 18.2 Å². The van der Waals surface area contributed by atoms with Crippen LogP contribution < -0.4 is 0 Å². The summed E-state index contributed by atoms with van der Waals surface area (Å²) in [4.78, 5) is 3.19. The molecule has 2 rings (SSSR count). The Bertz CT molecular complexity index is 591. The molecular weight excluding hydrogens is 280 g/mol. The molecule has 0 radical (unpaired) electrons. The lowest BCUT2D eigenvalue weighted by Gasteiger charge is -2.06. The third-order valence-electron chi connectivity index (χ3n) is 3.05. The minimum Gasteiger partial charge on any atom is -0.381 e. The predicted molar refractivity (Wildman–Crippen MR) is 82.5 cm³/mol. The minimum absolute atomic E-state index is 0.731. The molecule has 0 spiro atoms. The van der Waals surface area contributed by atoms with Gasteiger partial charge in [-0.05, 0) is 43.3 Å². The molecule has 1 N–H and O–H groups in total. The normalized spacial score (nSPS) is 11.3. The number of benzene rings is 1. The standard InChI is InChI=1S/C14H19ClN2OS/c1-2-3-8-18-9-4-7-17-13-10-11(15)5-6-12(13)16-14(17)19/h5-6,10H,2-4,7-9H2,1H3,(H,16,19). The second-order valence-corrected chi connectivity index (χ2v) is 5.39. The van der Waals surface area contributed by atoms with Gasteiger partial charge < -0.3 is 14.3 Å². The average molecular weight is 299 g/mol. The third kappa shape index (κ3) is 3.81. The Labute approximate surface area is 123 Å². The molecule has 0 aliphatic heterocycles. The fourth-order valence-electron chi connectivity index (χ4n) is 2.02. The summed E-state index contributed by atoms with van der Waals surface area (Å²) >= 11 is 11.4. The Morgan fingerprint density at radius 3 is 2.89 bits per heavy atom. The van der Waals surface area contributed by atoms with E-state index >= 15 is 0 Å². The van der Waals surface area contributed by atoms with Gasteiger partial charge in [0.15, 0.2) is 4.77 Å². The number of aryl methyl sites for hydroxylation is 1. The first kappa shape index (κ1) is 14.6. The number of ether oxygens (including phenoxy) is 1. The van der Waals surface area contributed by atoms with E-state index in [0.29, 0.717) is 0 Å². The van der Waals surface area contributed by atoms with E-state index in [9.17, 15) is 0 Å². The van der Waals surface area contributed by atoms with Crippen molar-refractivity contribution in [1.29, 1.82) is 0 Å². The molecule has 3 nitrogen and oxygen atoms in total. The van der Waals surface area contributed by atoms with Crippen LogP contribution in [0.1, 0.15) is 26.2 Å². The highest BCUT2D eigenvalue weighted by Crippen LogP contribution is 2.19. The van der Waals surface area contributed by atoms with Gasteiger partial charge in [-0.3, -0.25) is 0 Å². The van der Waals surface area contributed by atoms with Crippen LogP contribution in [0.4, 0.5) is 0 Å². The fourth-order valence-corrected chi connectivity index (χ4v) is 2.49. The van der Waals surface area contributed by atoms with Crippen molar-refractivity contribution in [1.82, 2.24) is 9.55 Å². The number of halogens is 1. The number of nitrogens with one attached hydrogen (secondary N) is 1. The number of unbranched alkanes of at least 4 members (excludes halogenated alkanes) is 1. The Hall–Kier alpha value is -0.840. The topological polar surface area (TPSA) is 29.9 Å². The van der Waals surface area contributed by atoms with Crippen molar-refractivity contribution < 1.29 is 4.74 Å². The van der Waals surface area contributed by atoms with Gasteiger partial charge in [0.05, 0.1) is 11.0 Å². The fraction of sp³-hybridized carbons (Fsp3) is 0.500. The van der Waals surface area contributed by atoms with E-state index in [0.717, 1.165) is 53.4 Å². The van der Waals surface area contributed by atoms with Crippen LogP contribution >= 0.6 is 23.8 Å². The lowest BCUT2D eigenvalue weighted by molar-refractivity contribution is 0.126. The number of hydrogen-bond donors (Lipinski definition) is 1. The van der Waals surface area contributed by atoms with Crippen molar-refractivity contribution in [3.05, 3.63) is 28.0 Å². The van der Waals surface area contributed by atoms with Gasteiger partial charge in [-0.15, -0.1) is 0 Å².